The summed E-state index contributed by atoms with van der Waals surface area (Å²) in [5.41, 5.74) is 1.89. The number of carboxylic acid groups (broad SMARTS) is 2. The van der Waals surface area contributed by atoms with E-state index < -0.39 is 24.3 Å². The van der Waals surface area contributed by atoms with Gasteiger partial charge in [-0.25, -0.2) is 14.6 Å². The number of hydrogen-bond acceptors (Lipinski definition) is 6. The standard InChI is InChI=1S/C20H26N4.2C2HF3O2/c1-23(16-17-5-4-9-21-15-17)18-13-20(14-18)7-11-24(12-8-20)19-6-2-3-10-22-19;2*3-2(4,5)1(6)7/h2-6,9-10,15,18H,7-8,11-14,16H2,1H3;2*(H,6,7). The Morgan fingerprint density at radius 2 is 1.53 bits per heavy atom. The summed E-state index contributed by atoms with van der Waals surface area (Å²) in [5.74, 6) is -4.38. The second-order valence-electron chi connectivity index (χ2n) is 9.12. The van der Waals surface area contributed by atoms with Crippen LogP contribution in [0.1, 0.15) is 31.2 Å². The Balaban J connectivity index is 0.000000301. The van der Waals surface area contributed by atoms with E-state index in [1.165, 1.54) is 31.2 Å². The van der Waals surface area contributed by atoms with Gasteiger partial charge in [0.1, 0.15) is 5.82 Å². The number of carbonyl (C=O) groups is 2. The third-order valence-corrected chi connectivity index (χ3v) is 6.40. The second kappa shape index (κ2) is 12.9. The lowest BCUT2D eigenvalue weighted by Gasteiger charge is -2.54. The number of aromatic nitrogens is 2. The van der Waals surface area contributed by atoms with Crippen molar-refractivity contribution in [2.45, 2.75) is 50.6 Å². The van der Waals surface area contributed by atoms with Crippen LogP contribution in [0.15, 0.2) is 48.9 Å². The van der Waals surface area contributed by atoms with Crippen molar-refractivity contribution in [1.29, 1.82) is 0 Å². The summed E-state index contributed by atoms with van der Waals surface area (Å²) in [6, 6.07) is 11.1. The molecule has 2 aliphatic rings. The molecule has 1 spiro atoms. The van der Waals surface area contributed by atoms with E-state index in [0.29, 0.717) is 5.41 Å². The highest BCUT2D eigenvalue weighted by Gasteiger charge is 2.47. The van der Waals surface area contributed by atoms with Gasteiger partial charge < -0.3 is 15.1 Å². The first-order valence-corrected chi connectivity index (χ1v) is 11.5. The predicted octanol–water partition coefficient (Wildman–Crippen LogP) is 4.62. The molecule has 1 aliphatic heterocycles. The first kappa shape index (κ1) is 30.8. The van der Waals surface area contributed by atoms with Crippen molar-refractivity contribution in [3.63, 3.8) is 0 Å². The number of rotatable bonds is 4. The number of alkyl halides is 6. The fourth-order valence-corrected chi connectivity index (χ4v) is 4.32. The molecule has 3 heterocycles. The average Bonchev–Trinajstić information content (AvgIpc) is 2.83. The second-order valence-corrected chi connectivity index (χ2v) is 9.12. The van der Waals surface area contributed by atoms with Crippen molar-refractivity contribution < 1.29 is 46.1 Å². The minimum Gasteiger partial charge on any atom is -0.475 e. The number of pyridine rings is 2. The topological polar surface area (TPSA) is 107 Å². The smallest absolute Gasteiger partial charge is 0.475 e. The van der Waals surface area contributed by atoms with Crippen LogP contribution < -0.4 is 4.90 Å². The summed E-state index contributed by atoms with van der Waals surface area (Å²) in [5, 5.41) is 14.2. The Kier molecular flexibility index (Phi) is 10.5. The first-order chi connectivity index (χ1) is 17.6. The molecule has 0 aromatic carbocycles. The van der Waals surface area contributed by atoms with Crippen LogP contribution in [0, 0.1) is 5.41 Å². The van der Waals surface area contributed by atoms with Gasteiger partial charge in [-0.3, -0.25) is 9.88 Å². The Labute approximate surface area is 214 Å². The largest absolute Gasteiger partial charge is 0.490 e. The van der Waals surface area contributed by atoms with Gasteiger partial charge in [0.2, 0.25) is 0 Å². The van der Waals surface area contributed by atoms with Gasteiger partial charge in [0.05, 0.1) is 0 Å². The summed E-state index contributed by atoms with van der Waals surface area (Å²) in [4.78, 5) is 31.5. The highest BCUT2D eigenvalue weighted by Crippen LogP contribution is 2.51. The molecule has 0 amide bonds. The number of anilines is 1. The molecule has 0 atom stereocenters. The molecule has 2 aromatic heterocycles. The van der Waals surface area contributed by atoms with Crippen LogP contribution >= 0.6 is 0 Å². The highest BCUT2D eigenvalue weighted by atomic mass is 19.4. The third-order valence-electron chi connectivity index (χ3n) is 6.40. The molecule has 2 N–H and O–H groups in total. The monoisotopic (exact) mass is 550 g/mol. The molecule has 2 fully saturated rings. The maximum Gasteiger partial charge on any atom is 0.490 e. The quantitative estimate of drug-likeness (QED) is 0.531. The van der Waals surface area contributed by atoms with E-state index in [9.17, 15) is 26.3 Å². The predicted molar refractivity (Wildman–Crippen MR) is 124 cm³/mol. The molecule has 0 bridgehead atoms. The molecule has 38 heavy (non-hydrogen) atoms. The summed E-state index contributed by atoms with van der Waals surface area (Å²) in [6.45, 7) is 3.31. The van der Waals surface area contributed by atoms with E-state index in [2.05, 4.69) is 45.0 Å². The van der Waals surface area contributed by atoms with Crippen molar-refractivity contribution in [3.05, 3.63) is 54.5 Å². The minimum atomic E-state index is -5.08. The molecular weight excluding hydrogens is 522 g/mol. The molecule has 8 nitrogen and oxygen atoms in total. The minimum absolute atomic E-state index is 0.582. The summed E-state index contributed by atoms with van der Waals surface area (Å²) < 4.78 is 63.5. The SMILES string of the molecule is CN(Cc1cccnc1)C1CC2(CCN(c3ccccn3)CC2)C1.O=C(O)C(F)(F)F.O=C(O)C(F)(F)F. The Morgan fingerprint density at radius 1 is 0.974 bits per heavy atom. The van der Waals surface area contributed by atoms with Gasteiger partial charge in [-0.1, -0.05) is 12.1 Å². The summed E-state index contributed by atoms with van der Waals surface area (Å²) in [6.07, 6.45) is 0.862. The molecular formula is C24H28F6N4O4. The lowest BCUT2D eigenvalue weighted by molar-refractivity contribution is -0.193. The van der Waals surface area contributed by atoms with Crippen molar-refractivity contribution in [2.75, 3.05) is 25.0 Å². The van der Waals surface area contributed by atoms with Gasteiger partial charge in [-0.05, 0) is 61.9 Å². The maximum absolute atomic E-state index is 10.6. The zero-order valence-electron chi connectivity index (χ0n) is 20.4. The van der Waals surface area contributed by atoms with Gasteiger partial charge in [-0.15, -0.1) is 0 Å². The number of aliphatic carboxylic acids is 2. The van der Waals surface area contributed by atoms with Crippen LogP contribution in [0.3, 0.4) is 0 Å². The van der Waals surface area contributed by atoms with E-state index >= 15 is 0 Å². The van der Waals surface area contributed by atoms with Gasteiger partial charge in [0, 0.05) is 44.3 Å². The zero-order chi connectivity index (χ0) is 28.6. The highest BCUT2D eigenvalue weighted by molar-refractivity contribution is 5.73. The fourth-order valence-electron chi connectivity index (χ4n) is 4.32. The van der Waals surface area contributed by atoms with Crippen LogP contribution in [0.4, 0.5) is 32.2 Å². The van der Waals surface area contributed by atoms with Crippen LogP contribution in [0.2, 0.25) is 0 Å². The van der Waals surface area contributed by atoms with Gasteiger partial charge in [0.15, 0.2) is 0 Å². The van der Waals surface area contributed by atoms with Gasteiger partial charge in [-0.2, -0.15) is 26.3 Å². The zero-order valence-corrected chi connectivity index (χ0v) is 20.4. The van der Waals surface area contributed by atoms with E-state index in [0.717, 1.165) is 31.5 Å². The van der Waals surface area contributed by atoms with E-state index in [-0.39, 0.29) is 0 Å². The summed E-state index contributed by atoms with van der Waals surface area (Å²) in [7, 11) is 2.26. The molecule has 1 saturated carbocycles. The van der Waals surface area contributed by atoms with Crippen molar-refractivity contribution in [3.8, 4) is 0 Å². The number of carboxylic acids is 2. The molecule has 1 aliphatic carbocycles. The molecule has 4 rings (SSSR count). The lowest BCUT2D eigenvalue weighted by Crippen LogP contribution is -2.54. The third kappa shape index (κ3) is 9.47. The average molecular weight is 551 g/mol. The number of halogens is 6. The van der Waals surface area contributed by atoms with E-state index in [1.54, 1.807) is 0 Å². The number of hydrogen-bond donors (Lipinski definition) is 2. The Hall–Kier alpha value is -3.42. The van der Waals surface area contributed by atoms with Crippen LogP contribution in [-0.2, 0) is 16.1 Å². The van der Waals surface area contributed by atoms with Crippen molar-refractivity contribution in [1.82, 2.24) is 14.9 Å². The van der Waals surface area contributed by atoms with E-state index in [4.69, 9.17) is 19.8 Å². The summed E-state index contributed by atoms with van der Waals surface area (Å²) >= 11 is 0. The van der Waals surface area contributed by atoms with Gasteiger partial charge in [0.25, 0.3) is 0 Å². The van der Waals surface area contributed by atoms with Crippen LogP contribution in [0.5, 0.6) is 0 Å². The molecule has 2 aromatic rings. The molecule has 1 saturated heterocycles. The van der Waals surface area contributed by atoms with Crippen molar-refractivity contribution >= 4 is 17.8 Å². The number of piperidine rings is 1. The van der Waals surface area contributed by atoms with Crippen LogP contribution in [0.25, 0.3) is 0 Å². The molecule has 0 radical (unpaired) electrons. The first-order valence-electron chi connectivity index (χ1n) is 11.5. The molecule has 210 valence electrons. The van der Waals surface area contributed by atoms with Crippen LogP contribution in [-0.4, -0.2) is 75.6 Å². The molecule has 0 unspecified atom stereocenters. The maximum atomic E-state index is 10.6. The Morgan fingerprint density at radius 3 is 1.95 bits per heavy atom. The Bertz CT molecular complexity index is 998. The molecule has 14 heteroatoms. The fraction of sp³-hybridized carbons (Fsp3) is 0.500. The lowest BCUT2D eigenvalue weighted by atomic mass is 9.60. The number of nitrogens with zero attached hydrogens (tertiary/aromatic N) is 4. The van der Waals surface area contributed by atoms with Gasteiger partial charge >= 0.3 is 24.3 Å². The normalized spacial score (nSPS) is 17.0. The van der Waals surface area contributed by atoms with E-state index in [1.807, 2.05) is 30.7 Å². The van der Waals surface area contributed by atoms with Crippen molar-refractivity contribution in [2.24, 2.45) is 5.41 Å².